The van der Waals surface area contributed by atoms with E-state index in [4.69, 9.17) is 14.9 Å². The van der Waals surface area contributed by atoms with Gasteiger partial charge in [-0.05, 0) is 42.8 Å². The molecule has 0 unspecified atom stereocenters. The number of pyridine rings is 1. The number of fused-ring (bicyclic) bond motifs is 2. The molecule has 5 N–H and O–H groups in total. The number of methoxy groups -OCH3 is 1. The van der Waals surface area contributed by atoms with Crippen molar-refractivity contribution in [3.05, 3.63) is 65.2 Å². The molecule has 1 amide bonds. The number of para-hydroxylation sites is 1. The second kappa shape index (κ2) is 9.50. The van der Waals surface area contributed by atoms with Gasteiger partial charge in [0.25, 0.3) is 5.91 Å². The van der Waals surface area contributed by atoms with E-state index >= 15 is 0 Å². The number of hydrogen-bond donors (Lipinski definition) is 4. The van der Waals surface area contributed by atoms with Gasteiger partial charge in [-0.15, -0.1) is 5.53 Å². The molecule has 13 heteroatoms. The molecule has 198 valence electrons. The molecular formula is C25H24F3N7O3. The Hall–Kier alpha value is -4.36. The standard InChI is InChI=1S/C25H24F3N7O3/c1-12(29)22-21(23(36)30-11-13-5-4-6-16-19(13)33-34-35(16)2)32-24(38-22)15-7-9-17(37-3)20-14(15)8-10-18(31-20)25(26,27)28/h4-10,12,33-34H,11,29H2,1-3H3,(H,30,36)/t12-/m0/s1. The fourth-order valence-corrected chi connectivity index (χ4v) is 4.24. The molecule has 1 aliphatic rings. The number of aromatic nitrogens is 2. The fraction of sp³-hybridized carbons (Fsp3) is 0.240. The zero-order valence-electron chi connectivity index (χ0n) is 20.6. The van der Waals surface area contributed by atoms with Gasteiger partial charge in [-0.2, -0.15) is 13.2 Å². The zero-order chi connectivity index (χ0) is 27.2. The monoisotopic (exact) mass is 527 g/mol. The average molecular weight is 528 g/mol. The van der Waals surface area contributed by atoms with E-state index in [0.29, 0.717) is 10.9 Å². The first kappa shape index (κ1) is 25.3. The van der Waals surface area contributed by atoms with Gasteiger partial charge in [0.1, 0.15) is 17.0 Å². The third-order valence-corrected chi connectivity index (χ3v) is 6.12. The molecule has 5 rings (SSSR count). The van der Waals surface area contributed by atoms with Crippen LogP contribution in [0.3, 0.4) is 0 Å². The van der Waals surface area contributed by atoms with Gasteiger partial charge in [-0.25, -0.2) is 9.97 Å². The molecule has 3 heterocycles. The molecular weight excluding hydrogens is 503 g/mol. The molecule has 0 saturated carbocycles. The number of anilines is 2. The number of oxazole rings is 1. The second-order valence-electron chi connectivity index (χ2n) is 8.72. The van der Waals surface area contributed by atoms with Crippen molar-refractivity contribution >= 4 is 28.2 Å². The number of halogens is 3. The third-order valence-electron chi connectivity index (χ3n) is 6.12. The number of hydrazine groups is 2. The first-order valence-electron chi connectivity index (χ1n) is 11.6. The highest BCUT2D eigenvalue weighted by molar-refractivity contribution is 5.98. The molecule has 2 aromatic carbocycles. The third kappa shape index (κ3) is 4.46. The van der Waals surface area contributed by atoms with Crippen LogP contribution >= 0.6 is 0 Å². The number of alkyl halides is 3. The number of nitrogens with two attached hydrogens (primary N) is 1. The summed E-state index contributed by atoms with van der Waals surface area (Å²) in [5.41, 5.74) is 13.9. The molecule has 0 saturated heterocycles. The van der Waals surface area contributed by atoms with Gasteiger partial charge in [0.15, 0.2) is 11.5 Å². The summed E-state index contributed by atoms with van der Waals surface area (Å²) in [5, 5.41) is 4.96. The van der Waals surface area contributed by atoms with Gasteiger partial charge in [-0.1, -0.05) is 12.1 Å². The van der Waals surface area contributed by atoms with Gasteiger partial charge >= 0.3 is 6.18 Å². The first-order valence-corrected chi connectivity index (χ1v) is 11.6. The lowest BCUT2D eigenvalue weighted by Crippen LogP contribution is -2.31. The van der Waals surface area contributed by atoms with Crippen LogP contribution in [0.2, 0.25) is 0 Å². The highest BCUT2D eigenvalue weighted by atomic mass is 19.4. The molecule has 1 aliphatic heterocycles. The van der Waals surface area contributed by atoms with Crippen LogP contribution in [0, 0.1) is 0 Å². The summed E-state index contributed by atoms with van der Waals surface area (Å²) in [7, 11) is 3.19. The van der Waals surface area contributed by atoms with Crippen molar-refractivity contribution in [1.82, 2.24) is 20.8 Å². The summed E-state index contributed by atoms with van der Waals surface area (Å²) >= 11 is 0. The Morgan fingerprint density at radius 3 is 2.71 bits per heavy atom. The predicted molar refractivity (Wildman–Crippen MR) is 134 cm³/mol. The summed E-state index contributed by atoms with van der Waals surface area (Å²) in [5.74, 6) is -0.209. The molecule has 1 atom stereocenters. The first-order chi connectivity index (χ1) is 18.1. The van der Waals surface area contributed by atoms with Crippen LogP contribution < -0.4 is 31.8 Å². The minimum atomic E-state index is -4.63. The number of nitrogens with zero attached hydrogens (tertiary/aromatic N) is 3. The molecule has 0 bridgehead atoms. The number of benzene rings is 2. The molecule has 0 aliphatic carbocycles. The Bertz CT molecular complexity index is 1530. The lowest BCUT2D eigenvalue weighted by molar-refractivity contribution is -0.140. The van der Waals surface area contributed by atoms with Gasteiger partial charge in [0.2, 0.25) is 5.89 Å². The van der Waals surface area contributed by atoms with Crippen molar-refractivity contribution in [3.63, 3.8) is 0 Å². The van der Waals surface area contributed by atoms with Crippen molar-refractivity contribution in [1.29, 1.82) is 0 Å². The smallest absolute Gasteiger partial charge is 0.433 e. The van der Waals surface area contributed by atoms with E-state index in [1.807, 2.05) is 30.3 Å². The molecule has 0 fully saturated rings. The number of amides is 1. The Labute approximate surface area is 214 Å². The summed E-state index contributed by atoms with van der Waals surface area (Å²) in [6.45, 7) is 1.83. The number of hydrogen-bond acceptors (Lipinski definition) is 9. The van der Waals surface area contributed by atoms with Crippen LogP contribution in [-0.4, -0.2) is 30.0 Å². The van der Waals surface area contributed by atoms with Crippen molar-refractivity contribution in [3.8, 4) is 17.2 Å². The van der Waals surface area contributed by atoms with Crippen LogP contribution in [0.5, 0.6) is 5.75 Å². The molecule has 2 aromatic heterocycles. The molecule has 0 radical (unpaired) electrons. The van der Waals surface area contributed by atoms with Gasteiger partial charge < -0.3 is 25.6 Å². The number of rotatable bonds is 6. The summed E-state index contributed by atoms with van der Waals surface area (Å²) < 4.78 is 51.0. The van der Waals surface area contributed by atoms with Gasteiger partial charge in [-0.3, -0.25) is 9.80 Å². The fourth-order valence-electron chi connectivity index (χ4n) is 4.24. The maximum Gasteiger partial charge on any atom is 0.433 e. The minimum absolute atomic E-state index is 0.0182. The normalized spacial score (nSPS) is 13.8. The van der Waals surface area contributed by atoms with E-state index < -0.39 is 23.8 Å². The number of ether oxygens (including phenoxy) is 1. The average Bonchev–Trinajstić information content (AvgIpc) is 3.50. The quantitative estimate of drug-likeness (QED) is 0.292. The summed E-state index contributed by atoms with van der Waals surface area (Å²) in [4.78, 5) is 21.3. The van der Waals surface area contributed by atoms with E-state index in [-0.39, 0.29) is 35.2 Å². The van der Waals surface area contributed by atoms with Crippen LogP contribution in [0.25, 0.3) is 22.4 Å². The minimum Gasteiger partial charge on any atom is -0.494 e. The molecule has 38 heavy (non-hydrogen) atoms. The lowest BCUT2D eigenvalue weighted by Gasteiger charge is -2.11. The topological polar surface area (TPSA) is 131 Å². The van der Waals surface area contributed by atoms with Crippen LogP contribution in [-0.2, 0) is 12.7 Å². The highest BCUT2D eigenvalue weighted by Gasteiger charge is 2.33. The number of carbonyl (C=O) groups excluding carboxylic acids is 1. The Morgan fingerprint density at radius 1 is 1.21 bits per heavy atom. The van der Waals surface area contributed by atoms with Crippen molar-refractivity contribution in [2.45, 2.75) is 25.7 Å². The molecule has 10 nitrogen and oxygen atoms in total. The summed E-state index contributed by atoms with van der Waals surface area (Å²) in [6, 6.07) is 10.2. The lowest BCUT2D eigenvalue weighted by atomic mass is 10.1. The molecule has 0 spiro atoms. The largest absolute Gasteiger partial charge is 0.494 e. The van der Waals surface area contributed by atoms with Gasteiger partial charge in [0.05, 0.1) is 24.5 Å². The Morgan fingerprint density at radius 2 is 2.00 bits per heavy atom. The van der Waals surface area contributed by atoms with Crippen LogP contribution in [0.1, 0.15) is 40.5 Å². The maximum atomic E-state index is 13.3. The van der Waals surface area contributed by atoms with E-state index in [2.05, 4.69) is 26.2 Å². The van der Waals surface area contributed by atoms with E-state index in [1.54, 1.807) is 13.0 Å². The molecule has 4 aromatic rings. The van der Waals surface area contributed by atoms with E-state index in [0.717, 1.165) is 23.0 Å². The predicted octanol–water partition coefficient (Wildman–Crippen LogP) is 4.15. The second-order valence-corrected chi connectivity index (χ2v) is 8.72. The van der Waals surface area contributed by atoms with Crippen molar-refractivity contribution < 1.29 is 27.1 Å². The van der Waals surface area contributed by atoms with Crippen LogP contribution in [0.4, 0.5) is 24.5 Å². The van der Waals surface area contributed by atoms with Crippen molar-refractivity contribution in [2.75, 3.05) is 24.6 Å². The van der Waals surface area contributed by atoms with E-state index in [1.165, 1.54) is 19.2 Å². The van der Waals surface area contributed by atoms with Crippen molar-refractivity contribution in [2.24, 2.45) is 5.73 Å². The maximum absolute atomic E-state index is 13.3. The van der Waals surface area contributed by atoms with Gasteiger partial charge in [0, 0.05) is 24.5 Å². The Balaban J connectivity index is 1.50. The van der Waals surface area contributed by atoms with E-state index in [9.17, 15) is 18.0 Å². The number of carbonyl (C=O) groups is 1. The number of nitrogens with one attached hydrogen (secondary N) is 3. The zero-order valence-corrected chi connectivity index (χ0v) is 20.6. The van der Waals surface area contributed by atoms with Crippen LogP contribution in [0.15, 0.2) is 46.9 Å². The Kier molecular flexibility index (Phi) is 6.33. The SMILES string of the molecule is COc1ccc(-c2nc(C(=O)NCc3cccc4c3NNN4C)c([C@H](C)N)o2)c2ccc(C(F)(F)F)nc12. The summed E-state index contributed by atoms with van der Waals surface area (Å²) in [6.07, 6.45) is -4.63. The highest BCUT2D eigenvalue weighted by Crippen LogP contribution is 2.37.